The average Bonchev–Trinajstić information content (AvgIpc) is 3.58. The molecule has 0 spiro atoms. The number of anilines is 1. The number of nitrogens with zero attached hydrogens (tertiary/aromatic N) is 4. The molecule has 1 heterocycles. The van der Waals surface area contributed by atoms with E-state index in [1.54, 1.807) is 29.2 Å². The molecule has 7 nitrogen and oxygen atoms in total. The van der Waals surface area contributed by atoms with Gasteiger partial charge in [-0.2, -0.15) is 0 Å². The first-order valence-corrected chi connectivity index (χ1v) is 11.9. The van der Waals surface area contributed by atoms with E-state index < -0.39 is 0 Å². The zero-order chi connectivity index (χ0) is 22.5. The summed E-state index contributed by atoms with van der Waals surface area (Å²) < 4.78 is 1.89. The number of hydrogen-bond acceptors (Lipinski definition) is 5. The van der Waals surface area contributed by atoms with Crippen molar-refractivity contribution in [3.63, 3.8) is 0 Å². The van der Waals surface area contributed by atoms with Crippen molar-refractivity contribution in [2.45, 2.75) is 37.8 Å². The van der Waals surface area contributed by atoms with Crippen molar-refractivity contribution >= 4 is 29.3 Å². The van der Waals surface area contributed by atoms with Crippen LogP contribution in [0, 0.1) is 0 Å². The fourth-order valence-corrected chi connectivity index (χ4v) is 4.08. The first kappa shape index (κ1) is 22.1. The molecule has 3 aromatic rings. The van der Waals surface area contributed by atoms with Crippen LogP contribution >= 0.6 is 11.8 Å². The molecular formula is C24H27N5O2S. The van der Waals surface area contributed by atoms with Crippen molar-refractivity contribution in [3.05, 3.63) is 66.0 Å². The quantitative estimate of drug-likeness (QED) is 0.491. The van der Waals surface area contributed by atoms with Gasteiger partial charge >= 0.3 is 0 Å². The van der Waals surface area contributed by atoms with E-state index in [1.165, 1.54) is 11.8 Å². The van der Waals surface area contributed by atoms with Crippen LogP contribution < -0.4 is 5.32 Å². The molecule has 4 rings (SSSR count). The number of amides is 2. The van der Waals surface area contributed by atoms with Crippen molar-refractivity contribution < 1.29 is 9.59 Å². The second-order valence-electron chi connectivity index (χ2n) is 7.67. The normalized spacial score (nSPS) is 13.1. The maximum absolute atomic E-state index is 12.4. The Morgan fingerprint density at radius 2 is 1.75 bits per heavy atom. The highest BCUT2D eigenvalue weighted by atomic mass is 32.2. The van der Waals surface area contributed by atoms with Crippen LogP contribution in [0.5, 0.6) is 0 Å². The van der Waals surface area contributed by atoms with Crippen molar-refractivity contribution in [3.8, 4) is 5.69 Å². The molecule has 0 unspecified atom stereocenters. The fraction of sp³-hybridized carbons (Fsp3) is 0.333. The highest BCUT2D eigenvalue weighted by Gasteiger charge is 2.30. The number of rotatable bonds is 9. The minimum atomic E-state index is -0.137. The number of thioether (sulfide) groups is 1. The Balaban J connectivity index is 1.36. The molecule has 0 atom stereocenters. The van der Waals surface area contributed by atoms with Crippen LogP contribution in [0.4, 0.5) is 5.69 Å². The van der Waals surface area contributed by atoms with Crippen LogP contribution in [0.15, 0.2) is 59.8 Å². The summed E-state index contributed by atoms with van der Waals surface area (Å²) in [7, 11) is 0. The third kappa shape index (κ3) is 5.19. The van der Waals surface area contributed by atoms with E-state index in [1.807, 2.05) is 48.9 Å². The summed E-state index contributed by atoms with van der Waals surface area (Å²) in [5.41, 5.74) is 2.26. The Kier molecular flexibility index (Phi) is 6.90. The summed E-state index contributed by atoms with van der Waals surface area (Å²) in [6.07, 6.45) is 2.26. The Hall–Kier alpha value is -3.13. The molecule has 2 aromatic carbocycles. The van der Waals surface area contributed by atoms with Crippen LogP contribution in [0.25, 0.3) is 5.69 Å². The number of aromatic nitrogens is 3. The molecule has 8 heteroatoms. The Labute approximate surface area is 192 Å². The predicted molar refractivity (Wildman–Crippen MR) is 126 cm³/mol. The van der Waals surface area contributed by atoms with Crippen LogP contribution in [-0.2, 0) is 4.79 Å². The summed E-state index contributed by atoms with van der Waals surface area (Å²) >= 11 is 1.32. The zero-order valence-electron chi connectivity index (χ0n) is 18.3. The van der Waals surface area contributed by atoms with Crippen molar-refractivity contribution in [2.24, 2.45) is 0 Å². The smallest absolute Gasteiger partial charge is 0.253 e. The molecule has 166 valence electrons. The second-order valence-corrected chi connectivity index (χ2v) is 8.61. The van der Waals surface area contributed by atoms with Crippen molar-refractivity contribution in [1.29, 1.82) is 0 Å². The van der Waals surface area contributed by atoms with Gasteiger partial charge in [-0.25, -0.2) is 9.67 Å². The SMILES string of the molecule is CCN(CC)C(=O)c1ccc(NC(=O)CSc2nc(C3CC3)n(-c3ccccc3)n2)cc1. The van der Waals surface area contributed by atoms with Crippen molar-refractivity contribution in [2.75, 3.05) is 24.2 Å². The lowest BCUT2D eigenvalue weighted by Gasteiger charge is -2.18. The van der Waals surface area contributed by atoms with Gasteiger partial charge in [-0.05, 0) is 63.1 Å². The highest BCUT2D eigenvalue weighted by molar-refractivity contribution is 7.99. The van der Waals surface area contributed by atoms with Gasteiger partial charge in [0.2, 0.25) is 11.1 Å². The number of benzene rings is 2. The Bertz CT molecular complexity index is 1070. The monoisotopic (exact) mass is 449 g/mol. The molecule has 1 fully saturated rings. The lowest BCUT2D eigenvalue weighted by atomic mass is 10.2. The molecule has 0 radical (unpaired) electrons. The first-order chi connectivity index (χ1) is 15.6. The topological polar surface area (TPSA) is 80.1 Å². The van der Waals surface area contributed by atoms with E-state index in [9.17, 15) is 9.59 Å². The minimum absolute atomic E-state index is 0.00465. The molecule has 0 aliphatic heterocycles. The maximum atomic E-state index is 12.4. The van der Waals surface area contributed by atoms with Gasteiger partial charge in [0.15, 0.2) is 0 Å². The van der Waals surface area contributed by atoms with Gasteiger partial charge in [0, 0.05) is 30.3 Å². The van der Waals surface area contributed by atoms with Gasteiger partial charge in [-0.1, -0.05) is 30.0 Å². The summed E-state index contributed by atoms with van der Waals surface area (Å²) in [6.45, 7) is 5.25. The van der Waals surface area contributed by atoms with E-state index >= 15 is 0 Å². The molecule has 0 saturated heterocycles. The van der Waals surface area contributed by atoms with Crippen LogP contribution in [-0.4, -0.2) is 50.3 Å². The lowest BCUT2D eigenvalue weighted by molar-refractivity contribution is -0.113. The van der Waals surface area contributed by atoms with E-state index in [2.05, 4.69) is 15.4 Å². The van der Waals surface area contributed by atoms with Crippen LogP contribution in [0.3, 0.4) is 0 Å². The van der Waals surface area contributed by atoms with Gasteiger partial charge in [-0.3, -0.25) is 9.59 Å². The maximum Gasteiger partial charge on any atom is 0.253 e. The summed E-state index contributed by atoms with van der Waals surface area (Å²) in [6, 6.07) is 17.0. The average molecular weight is 450 g/mol. The predicted octanol–water partition coefficient (Wildman–Crippen LogP) is 4.36. The fourth-order valence-electron chi connectivity index (χ4n) is 3.45. The van der Waals surface area contributed by atoms with Crippen LogP contribution in [0.2, 0.25) is 0 Å². The van der Waals surface area contributed by atoms with Gasteiger partial charge in [0.1, 0.15) is 5.82 Å². The summed E-state index contributed by atoms with van der Waals surface area (Å²) in [5.74, 6) is 1.48. The molecule has 1 aromatic heterocycles. The molecule has 1 aliphatic carbocycles. The van der Waals surface area contributed by atoms with Crippen molar-refractivity contribution in [1.82, 2.24) is 19.7 Å². The number of carbonyl (C=O) groups excluding carboxylic acids is 2. The molecule has 1 aliphatic rings. The molecule has 0 bridgehead atoms. The number of carbonyl (C=O) groups is 2. The molecular weight excluding hydrogens is 422 g/mol. The number of nitrogens with one attached hydrogen (secondary N) is 1. The highest BCUT2D eigenvalue weighted by Crippen LogP contribution is 2.40. The lowest BCUT2D eigenvalue weighted by Crippen LogP contribution is -2.30. The third-order valence-electron chi connectivity index (χ3n) is 5.35. The molecule has 32 heavy (non-hydrogen) atoms. The van der Waals surface area contributed by atoms with Gasteiger partial charge in [-0.15, -0.1) is 5.10 Å². The summed E-state index contributed by atoms with van der Waals surface area (Å²) in [5, 5.41) is 8.11. The van der Waals surface area contributed by atoms with E-state index in [0.717, 1.165) is 24.4 Å². The van der Waals surface area contributed by atoms with E-state index in [4.69, 9.17) is 0 Å². The third-order valence-corrected chi connectivity index (χ3v) is 6.19. The minimum Gasteiger partial charge on any atom is -0.339 e. The number of hydrogen-bond donors (Lipinski definition) is 1. The summed E-state index contributed by atoms with van der Waals surface area (Å²) in [4.78, 5) is 31.3. The van der Waals surface area contributed by atoms with Gasteiger partial charge in [0.05, 0.1) is 11.4 Å². The standard InChI is InChI=1S/C24H27N5O2S/c1-3-28(4-2)23(31)18-12-14-19(15-13-18)25-21(30)16-32-24-26-22(17-10-11-17)29(27-24)20-8-6-5-7-9-20/h5-9,12-15,17H,3-4,10-11,16H2,1-2H3,(H,25,30). The second kappa shape index (κ2) is 9.99. The molecule has 1 saturated carbocycles. The zero-order valence-corrected chi connectivity index (χ0v) is 19.1. The van der Waals surface area contributed by atoms with E-state index in [0.29, 0.717) is 35.4 Å². The largest absolute Gasteiger partial charge is 0.339 e. The molecule has 2 amide bonds. The first-order valence-electron chi connectivity index (χ1n) is 10.9. The Morgan fingerprint density at radius 1 is 1.06 bits per heavy atom. The van der Waals surface area contributed by atoms with Gasteiger partial charge < -0.3 is 10.2 Å². The number of para-hydroxylation sites is 1. The van der Waals surface area contributed by atoms with Crippen LogP contribution in [0.1, 0.15) is 48.8 Å². The molecule has 1 N–H and O–H groups in total. The Morgan fingerprint density at radius 3 is 2.38 bits per heavy atom. The van der Waals surface area contributed by atoms with E-state index in [-0.39, 0.29) is 17.6 Å². The van der Waals surface area contributed by atoms with Gasteiger partial charge in [0.25, 0.3) is 5.91 Å².